The lowest BCUT2D eigenvalue weighted by atomic mass is 9.94. The van der Waals surface area contributed by atoms with Crippen LogP contribution in [-0.2, 0) is 14.3 Å². The van der Waals surface area contributed by atoms with Gasteiger partial charge in [-0.2, -0.15) is 0 Å². The number of carbonyl (C=O) groups excluding carboxylic acids is 2. The minimum Gasteiger partial charge on any atom is -0.507 e. The second-order valence-electron chi connectivity index (χ2n) is 8.45. The molecule has 1 heterocycles. The van der Waals surface area contributed by atoms with E-state index in [4.69, 9.17) is 30.5 Å². The lowest BCUT2D eigenvalue weighted by molar-refractivity contribution is -0.140. The number of amides is 1. The maximum atomic E-state index is 13.2. The van der Waals surface area contributed by atoms with Crippen LogP contribution in [-0.4, -0.2) is 62.8 Å². The van der Waals surface area contributed by atoms with Crippen LogP contribution in [0.3, 0.4) is 0 Å². The molecular weight excluding hydrogens is 474 g/mol. The zero-order chi connectivity index (χ0) is 25.7. The first-order valence-corrected chi connectivity index (χ1v) is 11.5. The number of methoxy groups -OCH3 is 3. The summed E-state index contributed by atoms with van der Waals surface area (Å²) >= 11 is 6.21. The molecule has 2 aromatic rings. The molecule has 1 atom stereocenters. The van der Waals surface area contributed by atoms with E-state index in [0.29, 0.717) is 23.8 Å². The summed E-state index contributed by atoms with van der Waals surface area (Å²) in [5, 5.41) is 11.7. The molecular formula is C26H30ClNO7. The molecule has 0 aliphatic carbocycles. The van der Waals surface area contributed by atoms with Gasteiger partial charge in [0.05, 0.1) is 49.6 Å². The summed E-state index contributed by atoms with van der Waals surface area (Å²) in [5.41, 5.74) is 0.716. The molecule has 0 radical (unpaired) electrons. The summed E-state index contributed by atoms with van der Waals surface area (Å²) in [5.74, 6) is -0.520. The van der Waals surface area contributed by atoms with Crippen molar-refractivity contribution in [1.29, 1.82) is 0 Å². The molecule has 8 nitrogen and oxygen atoms in total. The number of hydrogen-bond acceptors (Lipinski definition) is 7. The zero-order valence-corrected chi connectivity index (χ0v) is 21.2. The van der Waals surface area contributed by atoms with E-state index < -0.39 is 23.5 Å². The third-order valence-electron chi connectivity index (χ3n) is 5.56. The number of nitrogens with zero attached hydrogens (tertiary/aromatic N) is 1. The fourth-order valence-electron chi connectivity index (χ4n) is 3.87. The highest BCUT2D eigenvalue weighted by Gasteiger charge is 2.46. The van der Waals surface area contributed by atoms with Gasteiger partial charge in [-0.3, -0.25) is 9.59 Å². The number of benzene rings is 2. The highest BCUT2D eigenvalue weighted by molar-refractivity contribution is 6.46. The fourth-order valence-corrected chi connectivity index (χ4v) is 4.11. The number of ether oxygens (including phenoxy) is 4. The van der Waals surface area contributed by atoms with Crippen molar-refractivity contribution in [2.75, 3.05) is 41.1 Å². The summed E-state index contributed by atoms with van der Waals surface area (Å²) in [6.45, 7) is 4.95. The normalized spacial score (nSPS) is 17.2. The number of hydrogen-bond donors (Lipinski definition) is 1. The van der Waals surface area contributed by atoms with Gasteiger partial charge in [-0.1, -0.05) is 37.6 Å². The number of carbonyl (C=O) groups is 2. The van der Waals surface area contributed by atoms with Crippen LogP contribution in [0.2, 0.25) is 5.02 Å². The third kappa shape index (κ3) is 5.55. The Hall–Kier alpha value is -3.23. The van der Waals surface area contributed by atoms with Gasteiger partial charge in [0, 0.05) is 19.7 Å². The minimum absolute atomic E-state index is 0.0743. The van der Waals surface area contributed by atoms with Crippen LogP contribution in [0.25, 0.3) is 5.76 Å². The molecule has 188 valence electrons. The zero-order valence-electron chi connectivity index (χ0n) is 20.5. The Morgan fingerprint density at radius 1 is 1.09 bits per heavy atom. The van der Waals surface area contributed by atoms with E-state index in [-0.39, 0.29) is 40.8 Å². The van der Waals surface area contributed by atoms with Gasteiger partial charge in [-0.05, 0) is 29.7 Å². The summed E-state index contributed by atoms with van der Waals surface area (Å²) in [7, 11) is 4.36. The Kier molecular flexibility index (Phi) is 8.64. The first-order valence-electron chi connectivity index (χ1n) is 11.1. The number of aliphatic hydroxyl groups excluding tert-OH is 1. The van der Waals surface area contributed by atoms with E-state index in [1.54, 1.807) is 24.3 Å². The van der Waals surface area contributed by atoms with Gasteiger partial charge >= 0.3 is 0 Å². The van der Waals surface area contributed by atoms with Crippen LogP contribution in [0.4, 0.5) is 0 Å². The first-order chi connectivity index (χ1) is 16.7. The first kappa shape index (κ1) is 26.4. The van der Waals surface area contributed by atoms with Crippen molar-refractivity contribution >= 4 is 29.1 Å². The van der Waals surface area contributed by atoms with Crippen molar-refractivity contribution in [3.05, 3.63) is 58.1 Å². The van der Waals surface area contributed by atoms with E-state index in [2.05, 4.69) is 0 Å². The fraction of sp³-hybridized carbons (Fsp3) is 0.385. The van der Waals surface area contributed by atoms with Crippen LogP contribution in [0.1, 0.15) is 31.0 Å². The van der Waals surface area contributed by atoms with Gasteiger partial charge < -0.3 is 29.0 Å². The Labute approximate surface area is 210 Å². The van der Waals surface area contributed by atoms with E-state index in [0.717, 1.165) is 0 Å². The van der Waals surface area contributed by atoms with Crippen LogP contribution < -0.4 is 14.2 Å². The third-order valence-corrected chi connectivity index (χ3v) is 5.86. The average molecular weight is 504 g/mol. The van der Waals surface area contributed by atoms with E-state index in [1.165, 1.54) is 38.4 Å². The van der Waals surface area contributed by atoms with Crippen LogP contribution in [0, 0.1) is 5.92 Å². The predicted octanol–water partition coefficient (Wildman–Crippen LogP) is 4.46. The second-order valence-corrected chi connectivity index (χ2v) is 8.86. The van der Waals surface area contributed by atoms with Gasteiger partial charge in [-0.15, -0.1) is 0 Å². The highest BCUT2D eigenvalue weighted by Crippen LogP contribution is 2.43. The smallest absolute Gasteiger partial charge is 0.295 e. The molecule has 0 saturated carbocycles. The lowest BCUT2D eigenvalue weighted by Crippen LogP contribution is -2.32. The molecule has 9 heteroatoms. The maximum absolute atomic E-state index is 13.2. The predicted molar refractivity (Wildman–Crippen MR) is 132 cm³/mol. The maximum Gasteiger partial charge on any atom is 0.295 e. The van der Waals surface area contributed by atoms with Crippen molar-refractivity contribution < 1.29 is 33.6 Å². The highest BCUT2D eigenvalue weighted by atomic mass is 35.5. The number of Topliss-reactive ketones (excluding diaryl/α,β-unsaturated/α-hetero) is 1. The molecule has 1 saturated heterocycles. The van der Waals surface area contributed by atoms with E-state index >= 15 is 0 Å². The van der Waals surface area contributed by atoms with Crippen molar-refractivity contribution in [2.24, 2.45) is 5.92 Å². The Balaban J connectivity index is 2.20. The SMILES string of the molecule is COCCN1C(=O)C(=O)/C(=C(/O)c2cc(OC)c(Cl)cc2OC)C1c1cccc(OCC(C)C)c1. The topological polar surface area (TPSA) is 94.5 Å². The summed E-state index contributed by atoms with van der Waals surface area (Å²) in [6.07, 6.45) is 0. The standard InChI is InChI=1S/C26H30ClNO7/c1-15(2)14-35-17-8-6-7-16(11-17)23-22(25(30)26(31)28(23)9-10-32-3)24(29)18-12-21(34-5)19(27)13-20(18)33-4/h6-8,11-13,15,23,29H,9-10,14H2,1-5H3/b24-22+. The minimum atomic E-state index is -0.862. The van der Waals surface area contributed by atoms with Crippen LogP contribution >= 0.6 is 11.6 Å². The Morgan fingerprint density at radius 3 is 2.43 bits per heavy atom. The molecule has 0 bridgehead atoms. The Morgan fingerprint density at radius 2 is 1.80 bits per heavy atom. The Bertz CT molecular complexity index is 1130. The molecule has 1 amide bonds. The number of ketones is 1. The monoisotopic (exact) mass is 503 g/mol. The number of aliphatic hydroxyl groups is 1. The van der Waals surface area contributed by atoms with Crippen molar-refractivity contribution in [3.63, 3.8) is 0 Å². The molecule has 1 aliphatic heterocycles. The average Bonchev–Trinajstić information content (AvgIpc) is 3.10. The molecule has 35 heavy (non-hydrogen) atoms. The molecule has 1 N–H and O–H groups in total. The van der Waals surface area contributed by atoms with Crippen LogP contribution in [0.5, 0.6) is 17.2 Å². The summed E-state index contributed by atoms with van der Waals surface area (Å²) < 4.78 is 21.7. The van der Waals surface area contributed by atoms with Gasteiger partial charge in [0.2, 0.25) is 0 Å². The number of likely N-dealkylation sites (tertiary alicyclic amines) is 1. The molecule has 0 aromatic heterocycles. The second kappa shape index (κ2) is 11.5. The van der Waals surface area contributed by atoms with Crippen LogP contribution in [0.15, 0.2) is 42.0 Å². The van der Waals surface area contributed by atoms with Gasteiger partial charge in [0.25, 0.3) is 11.7 Å². The number of rotatable bonds is 10. The molecule has 3 rings (SSSR count). The quantitative estimate of drug-likeness (QED) is 0.290. The van der Waals surface area contributed by atoms with Gasteiger partial charge in [-0.25, -0.2) is 0 Å². The van der Waals surface area contributed by atoms with E-state index in [1.807, 2.05) is 13.8 Å². The van der Waals surface area contributed by atoms with E-state index in [9.17, 15) is 14.7 Å². The largest absolute Gasteiger partial charge is 0.507 e. The lowest BCUT2D eigenvalue weighted by Gasteiger charge is -2.25. The molecule has 1 fully saturated rings. The molecule has 0 spiro atoms. The van der Waals surface area contributed by atoms with Crippen molar-refractivity contribution in [1.82, 2.24) is 4.90 Å². The summed E-state index contributed by atoms with van der Waals surface area (Å²) in [4.78, 5) is 27.6. The molecule has 2 aromatic carbocycles. The molecule has 1 unspecified atom stereocenters. The van der Waals surface area contributed by atoms with Gasteiger partial charge in [0.15, 0.2) is 0 Å². The number of halogens is 1. The molecule has 1 aliphatic rings. The van der Waals surface area contributed by atoms with Crippen molar-refractivity contribution in [3.8, 4) is 17.2 Å². The summed E-state index contributed by atoms with van der Waals surface area (Å²) in [6, 6.07) is 9.23. The van der Waals surface area contributed by atoms with Gasteiger partial charge in [0.1, 0.15) is 23.0 Å². The van der Waals surface area contributed by atoms with Crippen molar-refractivity contribution in [2.45, 2.75) is 19.9 Å².